The van der Waals surface area contributed by atoms with Crippen LogP contribution in [0.4, 0.5) is 11.4 Å². The number of rotatable bonds is 5. The van der Waals surface area contributed by atoms with Crippen molar-refractivity contribution in [2.75, 3.05) is 16.8 Å². The summed E-state index contributed by atoms with van der Waals surface area (Å²) in [4.78, 5) is 26.4. The number of para-hydroxylation sites is 1. The minimum absolute atomic E-state index is 0.0411. The summed E-state index contributed by atoms with van der Waals surface area (Å²) >= 11 is 0. The van der Waals surface area contributed by atoms with E-state index in [4.69, 9.17) is 0 Å². The second kappa shape index (κ2) is 7.30. The largest absolute Gasteiger partial charge is 0.326 e. The Labute approximate surface area is 142 Å². The second-order valence-electron chi connectivity index (χ2n) is 6.08. The molecule has 2 aromatic carbocycles. The minimum atomic E-state index is -0.0411. The van der Waals surface area contributed by atoms with Gasteiger partial charge in [-0.05, 0) is 56.2 Å². The zero-order valence-electron chi connectivity index (χ0n) is 13.9. The fourth-order valence-corrected chi connectivity index (χ4v) is 2.82. The molecule has 0 aromatic heterocycles. The van der Waals surface area contributed by atoms with Crippen LogP contribution in [-0.4, -0.2) is 18.4 Å². The van der Waals surface area contributed by atoms with Gasteiger partial charge < -0.3 is 10.2 Å². The Bertz CT molecular complexity index is 706. The van der Waals surface area contributed by atoms with Crippen LogP contribution in [0.2, 0.25) is 0 Å². The van der Waals surface area contributed by atoms with Crippen molar-refractivity contribution in [1.82, 2.24) is 0 Å². The zero-order chi connectivity index (χ0) is 16.9. The Hall–Kier alpha value is -2.62. The summed E-state index contributed by atoms with van der Waals surface area (Å²) in [6.07, 6.45) is 3.09. The molecule has 24 heavy (non-hydrogen) atoms. The lowest BCUT2D eigenvalue weighted by molar-refractivity contribution is -0.122. The number of hydrogen-bond acceptors (Lipinski definition) is 2. The molecule has 0 saturated heterocycles. The summed E-state index contributed by atoms with van der Waals surface area (Å²) in [5.74, 6) is 0.195. The molecule has 1 N–H and O–H groups in total. The average Bonchev–Trinajstić information content (AvgIpc) is 2.55. The van der Waals surface area contributed by atoms with Crippen molar-refractivity contribution in [2.24, 2.45) is 5.92 Å². The van der Waals surface area contributed by atoms with E-state index in [1.807, 2.05) is 37.3 Å². The average molecular weight is 322 g/mol. The first-order valence-corrected chi connectivity index (χ1v) is 8.47. The molecule has 0 spiro atoms. The molecule has 0 unspecified atom stereocenters. The van der Waals surface area contributed by atoms with Crippen LogP contribution in [0.5, 0.6) is 0 Å². The van der Waals surface area contributed by atoms with Gasteiger partial charge in [0.1, 0.15) is 0 Å². The number of anilines is 2. The third kappa shape index (κ3) is 3.48. The van der Waals surface area contributed by atoms with Crippen molar-refractivity contribution in [1.29, 1.82) is 0 Å². The van der Waals surface area contributed by atoms with Gasteiger partial charge in [0.2, 0.25) is 5.91 Å². The van der Waals surface area contributed by atoms with Gasteiger partial charge in [-0.25, -0.2) is 0 Å². The molecule has 4 heteroatoms. The van der Waals surface area contributed by atoms with Crippen LogP contribution in [-0.2, 0) is 4.79 Å². The summed E-state index contributed by atoms with van der Waals surface area (Å²) < 4.78 is 0. The third-order valence-corrected chi connectivity index (χ3v) is 4.50. The normalized spacial score (nSPS) is 13.9. The quantitative estimate of drug-likeness (QED) is 0.901. The Morgan fingerprint density at radius 1 is 1.04 bits per heavy atom. The molecular weight excluding hydrogens is 300 g/mol. The summed E-state index contributed by atoms with van der Waals surface area (Å²) in [5.41, 5.74) is 2.24. The van der Waals surface area contributed by atoms with E-state index in [-0.39, 0.29) is 17.7 Å². The second-order valence-corrected chi connectivity index (χ2v) is 6.08. The molecular formula is C20H22N2O2. The van der Waals surface area contributed by atoms with Crippen LogP contribution in [0.1, 0.15) is 36.5 Å². The molecule has 1 aliphatic rings. The van der Waals surface area contributed by atoms with E-state index in [0.29, 0.717) is 12.1 Å². The van der Waals surface area contributed by atoms with E-state index in [9.17, 15) is 9.59 Å². The SMILES string of the molecule is CCN(C(=O)c1ccc(NC(=O)C2CCC2)cc1)c1ccccc1. The third-order valence-electron chi connectivity index (χ3n) is 4.50. The highest BCUT2D eigenvalue weighted by molar-refractivity contribution is 6.06. The lowest BCUT2D eigenvalue weighted by Crippen LogP contribution is -2.30. The summed E-state index contributed by atoms with van der Waals surface area (Å²) in [6, 6.07) is 16.7. The van der Waals surface area contributed by atoms with Crippen molar-refractivity contribution in [2.45, 2.75) is 26.2 Å². The maximum Gasteiger partial charge on any atom is 0.258 e. The summed E-state index contributed by atoms with van der Waals surface area (Å²) in [6.45, 7) is 2.56. The Morgan fingerprint density at radius 3 is 2.25 bits per heavy atom. The molecule has 0 bridgehead atoms. The number of nitrogens with zero attached hydrogens (tertiary/aromatic N) is 1. The van der Waals surface area contributed by atoms with Gasteiger partial charge >= 0.3 is 0 Å². The smallest absolute Gasteiger partial charge is 0.258 e. The standard InChI is InChI=1S/C20H22N2O2/c1-2-22(18-9-4-3-5-10-18)20(24)16-11-13-17(14-12-16)21-19(23)15-7-6-8-15/h3-5,9-15H,2,6-8H2,1H3,(H,21,23). The van der Waals surface area contributed by atoms with Crippen molar-refractivity contribution in [3.05, 3.63) is 60.2 Å². The first-order chi connectivity index (χ1) is 11.7. The van der Waals surface area contributed by atoms with Gasteiger partial charge in [0.15, 0.2) is 0 Å². The molecule has 124 valence electrons. The molecule has 0 atom stereocenters. The van der Waals surface area contributed by atoms with Crippen LogP contribution in [0.25, 0.3) is 0 Å². The first kappa shape index (κ1) is 16.2. The molecule has 2 amide bonds. The molecule has 1 aliphatic carbocycles. The minimum Gasteiger partial charge on any atom is -0.326 e. The Balaban J connectivity index is 1.69. The lowest BCUT2D eigenvalue weighted by Gasteiger charge is -2.24. The number of amides is 2. The highest BCUT2D eigenvalue weighted by atomic mass is 16.2. The van der Waals surface area contributed by atoms with Crippen LogP contribution in [0.15, 0.2) is 54.6 Å². The predicted molar refractivity (Wildman–Crippen MR) is 96.2 cm³/mol. The highest BCUT2D eigenvalue weighted by Crippen LogP contribution is 2.27. The summed E-state index contributed by atoms with van der Waals surface area (Å²) in [5, 5.41) is 2.92. The molecule has 0 aliphatic heterocycles. The van der Waals surface area contributed by atoms with Crippen LogP contribution >= 0.6 is 0 Å². The van der Waals surface area contributed by atoms with E-state index < -0.39 is 0 Å². The van der Waals surface area contributed by atoms with E-state index in [2.05, 4.69) is 5.32 Å². The lowest BCUT2D eigenvalue weighted by atomic mass is 9.85. The maximum absolute atomic E-state index is 12.7. The van der Waals surface area contributed by atoms with Crippen LogP contribution in [0, 0.1) is 5.92 Å². The van der Waals surface area contributed by atoms with Crippen molar-refractivity contribution in [3.8, 4) is 0 Å². The van der Waals surface area contributed by atoms with Gasteiger partial charge in [0.25, 0.3) is 5.91 Å². The predicted octanol–water partition coefficient (Wildman–Crippen LogP) is 4.09. The molecule has 3 rings (SSSR count). The number of carbonyl (C=O) groups excluding carboxylic acids is 2. The maximum atomic E-state index is 12.7. The Morgan fingerprint density at radius 2 is 1.71 bits per heavy atom. The van der Waals surface area contributed by atoms with Crippen LogP contribution < -0.4 is 10.2 Å². The van der Waals surface area contributed by atoms with Gasteiger partial charge in [0.05, 0.1) is 0 Å². The molecule has 4 nitrogen and oxygen atoms in total. The number of carbonyl (C=O) groups is 2. The highest BCUT2D eigenvalue weighted by Gasteiger charge is 2.25. The molecule has 2 aromatic rings. The van der Waals surface area contributed by atoms with Crippen molar-refractivity contribution >= 4 is 23.2 Å². The summed E-state index contributed by atoms with van der Waals surface area (Å²) in [7, 11) is 0. The van der Waals surface area contributed by atoms with Crippen molar-refractivity contribution < 1.29 is 9.59 Å². The monoisotopic (exact) mass is 322 g/mol. The van der Waals surface area contributed by atoms with Gasteiger partial charge in [-0.1, -0.05) is 24.6 Å². The Kier molecular flexibility index (Phi) is 4.94. The molecule has 1 saturated carbocycles. The topological polar surface area (TPSA) is 49.4 Å². The van der Waals surface area contributed by atoms with Gasteiger partial charge in [-0.2, -0.15) is 0 Å². The first-order valence-electron chi connectivity index (χ1n) is 8.47. The fraction of sp³-hybridized carbons (Fsp3) is 0.300. The van der Waals surface area contributed by atoms with Gasteiger partial charge in [0, 0.05) is 29.4 Å². The molecule has 0 heterocycles. The van der Waals surface area contributed by atoms with E-state index in [1.54, 1.807) is 29.2 Å². The molecule has 1 fully saturated rings. The van der Waals surface area contributed by atoms with E-state index in [1.165, 1.54) is 0 Å². The van der Waals surface area contributed by atoms with Crippen molar-refractivity contribution in [3.63, 3.8) is 0 Å². The fourth-order valence-electron chi connectivity index (χ4n) is 2.82. The van der Waals surface area contributed by atoms with Crippen LogP contribution in [0.3, 0.4) is 0 Å². The van der Waals surface area contributed by atoms with E-state index in [0.717, 1.165) is 30.6 Å². The number of nitrogens with one attached hydrogen (secondary N) is 1. The van der Waals surface area contributed by atoms with Gasteiger partial charge in [-0.15, -0.1) is 0 Å². The zero-order valence-corrected chi connectivity index (χ0v) is 13.9. The molecule has 0 radical (unpaired) electrons. The number of hydrogen-bond donors (Lipinski definition) is 1. The van der Waals surface area contributed by atoms with Gasteiger partial charge in [-0.3, -0.25) is 9.59 Å². The number of benzene rings is 2. The van der Waals surface area contributed by atoms with E-state index >= 15 is 0 Å².